The zero-order valence-corrected chi connectivity index (χ0v) is 13.4. The molecule has 3 nitrogen and oxygen atoms in total. The SMILES string of the molecule is CCCN1CCC(CN)(N2CCc3ccccc3C2)CC1. The Bertz CT molecular complexity index is 463. The fourth-order valence-corrected chi connectivity index (χ4v) is 4.06. The maximum atomic E-state index is 6.25. The monoisotopic (exact) mass is 287 g/mol. The number of rotatable bonds is 4. The zero-order chi connectivity index (χ0) is 14.7. The molecule has 0 unspecified atom stereocenters. The normalized spacial score (nSPS) is 23.0. The molecule has 2 heterocycles. The Morgan fingerprint density at radius 1 is 1.10 bits per heavy atom. The number of likely N-dealkylation sites (tertiary alicyclic amines) is 1. The zero-order valence-electron chi connectivity index (χ0n) is 13.4. The molecule has 3 rings (SSSR count). The van der Waals surface area contributed by atoms with Crippen molar-refractivity contribution in [3.05, 3.63) is 35.4 Å². The van der Waals surface area contributed by atoms with Crippen LogP contribution in [0.3, 0.4) is 0 Å². The molecule has 1 saturated heterocycles. The first kappa shape index (κ1) is 15.0. The van der Waals surface area contributed by atoms with Crippen molar-refractivity contribution in [1.29, 1.82) is 0 Å². The molecule has 1 aromatic rings. The van der Waals surface area contributed by atoms with Gasteiger partial charge < -0.3 is 10.6 Å². The van der Waals surface area contributed by atoms with Crippen molar-refractivity contribution >= 4 is 0 Å². The highest BCUT2D eigenvalue weighted by Crippen LogP contribution is 2.32. The van der Waals surface area contributed by atoms with Crippen molar-refractivity contribution < 1.29 is 0 Å². The molecule has 116 valence electrons. The molecule has 0 aromatic heterocycles. The summed E-state index contributed by atoms with van der Waals surface area (Å²) in [6, 6.07) is 8.90. The fraction of sp³-hybridized carbons (Fsp3) is 0.667. The summed E-state index contributed by atoms with van der Waals surface area (Å²) in [5, 5.41) is 0. The molecule has 0 amide bonds. The first-order valence-electron chi connectivity index (χ1n) is 8.52. The lowest BCUT2D eigenvalue weighted by Crippen LogP contribution is -2.60. The molecule has 0 saturated carbocycles. The minimum atomic E-state index is 0.234. The smallest absolute Gasteiger partial charge is 0.0359 e. The summed E-state index contributed by atoms with van der Waals surface area (Å²) in [7, 11) is 0. The Kier molecular flexibility index (Phi) is 4.63. The highest BCUT2D eigenvalue weighted by atomic mass is 15.2. The van der Waals surface area contributed by atoms with Crippen molar-refractivity contribution in [3.63, 3.8) is 0 Å². The van der Waals surface area contributed by atoms with Gasteiger partial charge in [0.1, 0.15) is 0 Å². The van der Waals surface area contributed by atoms with Gasteiger partial charge in [-0.2, -0.15) is 0 Å². The van der Waals surface area contributed by atoms with Crippen molar-refractivity contribution in [2.75, 3.05) is 32.7 Å². The van der Waals surface area contributed by atoms with Crippen LogP contribution in [0.2, 0.25) is 0 Å². The summed E-state index contributed by atoms with van der Waals surface area (Å²) in [6.07, 6.45) is 4.89. The minimum Gasteiger partial charge on any atom is -0.329 e. The third-order valence-corrected chi connectivity index (χ3v) is 5.51. The average molecular weight is 287 g/mol. The molecule has 0 atom stereocenters. The molecule has 21 heavy (non-hydrogen) atoms. The predicted molar refractivity (Wildman–Crippen MR) is 88.3 cm³/mol. The van der Waals surface area contributed by atoms with Gasteiger partial charge in [0.05, 0.1) is 0 Å². The molecule has 0 spiro atoms. The predicted octanol–water partition coefficient (Wildman–Crippen LogP) is 2.25. The number of piperidine rings is 1. The van der Waals surface area contributed by atoms with E-state index in [0.717, 1.165) is 13.1 Å². The van der Waals surface area contributed by atoms with Gasteiger partial charge >= 0.3 is 0 Å². The molecule has 1 fully saturated rings. The molecule has 0 radical (unpaired) electrons. The van der Waals surface area contributed by atoms with Crippen LogP contribution in [-0.4, -0.2) is 48.1 Å². The van der Waals surface area contributed by atoms with Gasteiger partial charge in [-0.3, -0.25) is 4.90 Å². The van der Waals surface area contributed by atoms with Crippen molar-refractivity contribution in [1.82, 2.24) is 9.80 Å². The van der Waals surface area contributed by atoms with E-state index in [1.807, 2.05) is 0 Å². The van der Waals surface area contributed by atoms with E-state index in [2.05, 4.69) is 41.0 Å². The first-order valence-corrected chi connectivity index (χ1v) is 8.52. The number of hydrogen-bond acceptors (Lipinski definition) is 3. The van der Waals surface area contributed by atoms with E-state index in [4.69, 9.17) is 5.73 Å². The van der Waals surface area contributed by atoms with Crippen LogP contribution < -0.4 is 5.73 Å². The van der Waals surface area contributed by atoms with Crippen molar-refractivity contribution in [2.45, 2.75) is 44.7 Å². The summed E-state index contributed by atoms with van der Waals surface area (Å²) < 4.78 is 0. The quantitative estimate of drug-likeness (QED) is 0.922. The fourth-order valence-electron chi connectivity index (χ4n) is 4.06. The number of nitrogens with two attached hydrogens (primary N) is 1. The highest BCUT2D eigenvalue weighted by Gasteiger charge is 2.39. The Morgan fingerprint density at radius 3 is 2.48 bits per heavy atom. The van der Waals surface area contributed by atoms with Crippen LogP contribution in [0.15, 0.2) is 24.3 Å². The second-order valence-corrected chi connectivity index (χ2v) is 6.71. The Morgan fingerprint density at radius 2 is 1.81 bits per heavy atom. The standard InChI is InChI=1S/C18H29N3/c1-2-10-20-12-8-18(15-19,9-13-20)21-11-7-16-5-3-4-6-17(16)14-21/h3-6H,2,7-15,19H2,1H3. The van der Waals surface area contributed by atoms with E-state index in [0.29, 0.717) is 0 Å². The summed E-state index contributed by atoms with van der Waals surface area (Å²) in [5.74, 6) is 0. The summed E-state index contributed by atoms with van der Waals surface area (Å²) >= 11 is 0. The second-order valence-electron chi connectivity index (χ2n) is 6.71. The van der Waals surface area contributed by atoms with Crippen LogP contribution in [-0.2, 0) is 13.0 Å². The van der Waals surface area contributed by atoms with Crippen LogP contribution in [0, 0.1) is 0 Å². The van der Waals surface area contributed by atoms with Crippen LogP contribution in [0.25, 0.3) is 0 Å². The Hall–Kier alpha value is -0.900. The lowest BCUT2D eigenvalue weighted by Gasteiger charge is -2.50. The third kappa shape index (κ3) is 3.01. The number of fused-ring (bicyclic) bond motifs is 1. The first-order chi connectivity index (χ1) is 10.3. The maximum absolute atomic E-state index is 6.25. The van der Waals surface area contributed by atoms with E-state index in [1.54, 1.807) is 0 Å². The lowest BCUT2D eigenvalue weighted by molar-refractivity contribution is 0.0171. The molecule has 1 aromatic carbocycles. The van der Waals surface area contributed by atoms with E-state index in [1.165, 1.54) is 63.0 Å². The van der Waals surface area contributed by atoms with Gasteiger partial charge in [-0.15, -0.1) is 0 Å². The minimum absolute atomic E-state index is 0.234. The van der Waals surface area contributed by atoms with Gasteiger partial charge in [-0.25, -0.2) is 0 Å². The Labute approximate surface area is 129 Å². The van der Waals surface area contributed by atoms with Crippen LogP contribution >= 0.6 is 0 Å². The average Bonchev–Trinajstić information content (AvgIpc) is 2.56. The number of nitrogens with zero attached hydrogens (tertiary/aromatic N) is 2. The van der Waals surface area contributed by atoms with Crippen LogP contribution in [0.1, 0.15) is 37.3 Å². The second kappa shape index (κ2) is 6.47. The highest BCUT2D eigenvalue weighted by molar-refractivity contribution is 5.29. The molecule has 0 aliphatic carbocycles. The molecule has 2 aliphatic heterocycles. The molecule has 2 N–H and O–H groups in total. The number of benzene rings is 1. The van der Waals surface area contributed by atoms with Crippen molar-refractivity contribution in [3.8, 4) is 0 Å². The van der Waals surface area contributed by atoms with E-state index in [-0.39, 0.29) is 5.54 Å². The number of hydrogen-bond donors (Lipinski definition) is 1. The molecule has 0 bridgehead atoms. The largest absolute Gasteiger partial charge is 0.329 e. The molecule has 3 heteroatoms. The topological polar surface area (TPSA) is 32.5 Å². The molecular weight excluding hydrogens is 258 g/mol. The van der Waals surface area contributed by atoms with Gasteiger partial charge in [-0.1, -0.05) is 31.2 Å². The van der Waals surface area contributed by atoms with Gasteiger partial charge in [-0.05, 0) is 56.4 Å². The lowest BCUT2D eigenvalue weighted by atomic mass is 9.83. The van der Waals surface area contributed by atoms with E-state index in [9.17, 15) is 0 Å². The van der Waals surface area contributed by atoms with Crippen LogP contribution in [0.5, 0.6) is 0 Å². The van der Waals surface area contributed by atoms with E-state index >= 15 is 0 Å². The summed E-state index contributed by atoms with van der Waals surface area (Å²) in [6.45, 7) is 8.99. The van der Waals surface area contributed by atoms with Gasteiger partial charge in [0.2, 0.25) is 0 Å². The summed E-state index contributed by atoms with van der Waals surface area (Å²) in [4.78, 5) is 5.28. The summed E-state index contributed by atoms with van der Waals surface area (Å²) in [5.41, 5.74) is 9.52. The van der Waals surface area contributed by atoms with Gasteiger partial charge in [0.25, 0.3) is 0 Å². The van der Waals surface area contributed by atoms with Crippen LogP contribution in [0.4, 0.5) is 0 Å². The maximum Gasteiger partial charge on any atom is 0.0359 e. The van der Waals surface area contributed by atoms with Gasteiger partial charge in [0.15, 0.2) is 0 Å². The molecule has 2 aliphatic rings. The van der Waals surface area contributed by atoms with E-state index < -0.39 is 0 Å². The van der Waals surface area contributed by atoms with Gasteiger partial charge in [0, 0.05) is 25.2 Å². The third-order valence-electron chi connectivity index (χ3n) is 5.51. The molecular formula is C18H29N3. The Balaban J connectivity index is 1.70. The van der Waals surface area contributed by atoms with Crippen molar-refractivity contribution in [2.24, 2.45) is 5.73 Å².